The summed E-state index contributed by atoms with van der Waals surface area (Å²) in [5.74, 6) is -1.88. The number of hydrogen-bond acceptors (Lipinski definition) is 5. The number of fused-ring (bicyclic) bond motifs is 3. The first kappa shape index (κ1) is 29.9. The zero-order valence-corrected chi connectivity index (χ0v) is 25.6. The van der Waals surface area contributed by atoms with Crippen LogP contribution in [-0.2, 0) is 22.7 Å². The second-order valence-electron chi connectivity index (χ2n) is 12.0. The maximum Gasteiger partial charge on any atom is 0.319 e. The number of imide groups is 1. The zero-order chi connectivity index (χ0) is 32.5. The Morgan fingerprint density at radius 1 is 0.681 bits per heavy atom. The molecule has 3 aliphatic rings. The van der Waals surface area contributed by atoms with Crippen LogP contribution in [0, 0.1) is 5.92 Å². The molecule has 2 aliphatic heterocycles. The van der Waals surface area contributed by atoms with E-state index in [2.05, 4.69) is 10.6 Å². The van der Waals surface area contributed by atoms with Gasteiger partial charge in [-0.05, 0) is 60.4 Å². The van der Waals surface area contributed by atoms with Crippen LogP contribution in [0.25, 0.3) is 0 Å². The Kier molecular flexibility index (Phi) is 7.99. The number of carbonyl (C=O) groups is 5. The van der Waals surface area contributed by atoms with Crippen LogP contribution in [0.3, 0.4) is 0 Å². The standard InChI is InChI=1S/C37H33N5O5/c43-33(23-41-34(44)27-11-4-5-12-28(27)35(41)45)42-30-16-8-13-29(30)36(46)40(31-14-6-7-15-32(31)42)22-25-17-19-26(20-18-25)39-37(47)38-21-24-9-2-1-3-10-24/h1-7,9-12,14-15,17-20,29-30H,8,13,16,21-23H2,(H2,38,39,47)/t29-,30+/m0/s1. The highest BCUT2D eigenvalue weighted by atomic mass is 16.2. The lowest BCUT2D eigenvalue weighted by atomic mass is 10.0. The summed E-state index contributed by atoms with van der Waals surface area (Å²) in [7, 11) is 0. The van der Waals surface area contributed by atoms with Crippen molar-refractivity contribution >= 4 is 46.7 Å². The van der Waals surface area contributed by atoms with E-state index in [0.29, 0.717) is 36.4 Å². The molecule has 1 saturated carbocycles. The quantitative estimate of drug-likeness (QED) is 0.268. The third-order valence-corrected chi connectivity index (χ3v) is 9.12. The van der Waals surface area contributed by atoms with Crippen LogP contribution in [-0.4, -0.2) is 47.1 Å². The number of anilines is 3. The molecule has 2 N–H and O–H groups in total. The number of benzene rings is 4. The first-order valence-corrected chi connectivity index (χ1v) is 15.7. The van der Waals surface area contributed by atoms with Crippen LogP contribution in [0.4, 0.5) is 21.9 Å². The molecule has 1 aliphatic carbocycles. The largest absolute Gasteiger partial charge is 0.334 e. The van der Waals surface area contributed by atoms with Gasteiger partial charge in [0.15, 0.2) is 0 Å². The molecule has 47 heavy (non-hydrogen) atoms. The summed E-state index contributed by atoms with van der Waals surface area (Å²) >= 11 is 0. The van der Waals surface area contributed by atoms with Gasteiger partial charge in [-0.25, -0.2) is 4.79 Å². The predicted octanol–water partition coefficient (Wildman–Crippen LogP) is 5.35. The summed E-state index contributed by atoms with van der Waals surface area (Å²) in [5.41, 5.74) is 4.20. The summed E-state index contributed by atoms with van der Waals surface area (Å²) in [4.78, 5) is 71.3. The van der Waals surface area contributed by atoms with Crippen LogP contribution >= 0.6 is 0 Å². The van der Waals surface area contributed by atoms with Crippen molar-refractivity contribution in [2.24, 2.45) is 5.92 Å². The number of hydrogen-bond donors (Lipinski definition) is 2. The predicted molar refractivity (Wildman–Crippen MR) is 177 cm³/mol. The van der Waals surface area contributed by atoms with Gasteiger partial charge in [0, 0.05) is 18.3 Å². The summed E-state index contributed by atoms with van der Waals surface area (Å²) in [5, 5.41) is 5.68. The Morgan fingerprint density at radius 2 is 1.32 bits per heavy atom. The van der Waals surface area contributed by atoms with Gasteiger partial charge in [0.25, 0.3) is 11.8 Å². The number of carbonyl (C=O) groups excluding carboxylic acids is 5. The Morgan fingerprint density at radius 3 is 2.02 bits per heavy atom. The molecule has 0 radical (unpaired) electrons. The lowest BCUT2D eigenvalue weighted by Crippen LogP contribution is -2.49. The van der Waals surface area contributed by atoms with E-state index in [0.717, 1.165) is 22.4 Å². The highest BCUT2D eigenvalue weighted by Gasteiger charge is 2.47. The summed E-state index contributed by atoms with van der Waals surface area (Å²) in [6.07, 6.45) is 2.05. The van der Waals surface area contributed by atoms with Crippen LogP contribution in [0.1, 0.15) is 51.1 Å². The van der Waals surface area contributed by atoms with Crippen molar-refractivity contribution in [3.05, 3.63) is 125 Å². The van der Waals surface area contributed by atoms with E-state index >= 15 is 0 Å². The van der Waals surface area contributed by atoms with Crippen molar-refractivity contribution in [2.45, 2.75) is 38.4 Å². The van der Waals surface area contributed by atoms with Gasteiger partial charge in [-0.1, -0.05) is 73.2 Å². The van der Waals surface area contributed by atoms with Crippen molar-refractivity contribution < 1.29 is 24.0 Å². The fourth-order valence-corrected chi connectivity index (χ4v) is 6.84. The highest BCUT2D eigenvalue weighted by molar-refractivity contribution is 6.23. The van der Waals surface area contributed by atoms with Gasteiger partial charge in [-0.3, -0.25) is 24.1 Å². The Balaban J connectivity index is 1.10. The molecule has 0 saturated heterocycles. The van der Waals surface area contributed by atoms with Gasteiger partial charge >= 0.3 is 6.03 Å². The molecule has 0 bridgehead atoms. The van der Waals surface area contributed by atoms with E-state index in [4.69, 9.17) is 0 Å². The van der Waals surface area contributed by atoms with Gasteiger partial charge in [-0.2, -0.15) is 0 Å². The fraction of sp³-hybridized carbons (Fsp3) is 0.216. The second kappa shape index (κ2) is 12.6. The number of rotatable bonds is 7. The van der Waals surface area contributed by atoms with Crippen LogP contribution in [0.2, 0.25) is 0 Å². The molecule has 10 heteroatoms. The Hall–Kier alpha value is -5.77. The van der Waals surface area contributed by atoms with Gasteiger partial charge in [-0.15, -0.1) is 0 Å². The lowest BCUT2D eigenvalue weighted by molar-refractivity contribution is -0.123. The van der Waals surface area contributed by atoms with Crippen molar-refractivity contribution in [2.75, 3.05) is 21.7 Å². The average Bonchev–Trinajstić information content (AvgIpc) is 3.64. The number of nitrogens with zero attached hydrogens (tertiary/aromatic N) is 3. The minimum Gasteiger partial charge on any atom is -0.334 e. The Labute approximate surface area is 272 Å². The van der Waals surface area contributed by atoms with E-state index in [1.165, 1.54) is 0 Å². The molecule has 0 unspecified atom stereocenters. The molecular weight excluding hydrogens is 594 g/mol. The molecule has 10 nitrogen and oxygen atoms in total. The molecule has 2 heterocycles. The second-order valence-corrected chi connectivity index (χ2v) is 12.0. The fourth-order valence-electron chi connectivity index (χ4n) is 6.84. The molecule has 0 aromatic heterocycles. The Bertz CT molecular complexity index is 1840. The summed E-state index contributed by atoms with van der Waals surface area (Å²) in [6, 6.07) is 30.1. The highest BCUT2D eigenvalue weighted by Crippen LogP contribution is 2.43. The molecular formula is C37H33N5O5. The van der Waals surface area contributed by atoms with E-state index in [-0.39, 0.29) is 29.6 Å². The van der Waals surface area contributed by atoms with Gasteiger partial charge < -0.3 is 20.4 Å². The molecule has 7 rings (SSSR count). The van der Waals surface area contributed by atoms with Gasteiger partial charge in [0.2, 0.25) is 11.8 Å². The van der Waals surface area contributed by atoms with Crippen LogP contribution in [0.15, 0.2) is 103 Å². The SMILES string of the molecule is O=C(NCc1ccccc1)Nc1ccc(CN2C(=O)[C@H]3CCC[C@H]3N(C(=O)CN3C(=O)c4ccccc4C3=O)c3ccccc32)cc1. The minimum absolute atomic E-state index is 0.0709. The topological polar surface area (TPSA) is 119 Å². The summed E-state index contributed by atoms with van der Waals surface area (Å²) < 4.78 is 0. The van der Waals surface area contributed by atoms with Crippen molar-refractivity contribution in [1.29, 1.82) is 0 Å². The molecule has 0 spiro atoms. The van der Waals surface area contributed by atoms with Crippen molar-refractivity contribution in [3.8, 4) is 0 Å². The number of nitrogens with one attached hydrogen (secondary N) is 2. The number of urea groups is 1. The summed E-state index contributed by atoms with van der Waals surface area (Å²) in [6.45, 7) is 0.257. The monoisotopic (exact) mass is 627 g/mol. The van der Waals surface area contributed by atoms with Crippen molar-refractivity contribution in [1.82, 2.24) is 10.2 Å². The maximum atomic E-state index is 14.2. The molecule has 4 aromatic carbocycles. The molecule has 6 amide bonds. The van der Waals surface area contributed by atoms with E-state index in [1.807, 2.05) is 66.7 Å². The zero-order valence-electron chi connectivity index (χ0n) is 25.6. The van der Waals surface area contributed by atoms with Crippen LogP contribution < -0.4 is 20.4 Å². The first-order valence-electron chi connectivity index (χ1n) is 15.7. The molecule has 236 valence electrons. The number of amides is 6. The normalized spacial score (nSPS) is 18.4. The van der Waals surface area contributed by atoms with E-state index < -0.39 is 36.2 Å². The average molecular weight is 628 g/mol. The minimum atomic E-state index is -0.491. The van der Waals surface area contributed by atoms with Gasteiger partial charge in [0.1, 0.15) is 6.54 Å². The lowest BCUT2D eigenvalue weighted by Gasteiger charge is -2.31. The number of para-hydroxylation sites is 2. The van der Waals surface area contributed by atoms with E-state index in [9.17, 15) is 24.0 Å². The third-order valence-electron chi connectivity index (χ3n) is 9.12. The van der Waals surface area contributed by atoms with E-state index in [1.54, 1.807) is 46.2 Å². The molecule has 2 atom stereocenters. The smallest absolute Gasteiger partial charge is 0.319 e. The van der Waals surface area contributed by atoms with Crippen LogP contribution in [0.5, 0.6) is 0 Å². The first-order chi connectivity index (χ1) is 22.9. The van der Waals surface area contributed by atoms with Gasteiger partial charge in [0.05, 0.1) is 35.0 Å². The van der Waals surface area contributed by atoms with Crippen molar-refractivity contribution in [3.63, 3.8) is 0 Å². The molecule has 1 fully saturated rings. The molecule has 4 aromatic rings. The third kappa shape index (κ3) is 5.74. The maximum absolute atomic E-state index is 14.2.